The van der Waals surface area contributed by atoms with E-state index in [1.165, 1.54) is 108 Å². The number of hydrogen-bond acceptors (Lipinski definition) is 0. The summed E-state index contributed by atoms with van der Waals surface area (Å²) in [7, 11) is 0. The number of hydrogen-bond donors (Lipinski definition) is 0. The van der Waals surface area contributed by atoms with Gasteiger partial charge in [0.05, 0.1) is 0 Å². The molecule has 0 saturated carbocycles. The summed E-state index contributed by atoms with van der Waals surface area (Å²) in [6.45, 7) is 26.3. The van der Waals surface area contributed by atoms with Gasteiger partial charge in [-0.1, -0.05) is 117 Å². The van der Waals surface area contributed by atoms with Gasteiger partial charge in [0.1, 0.15) is 0 Å². The normalized spacial score (nSPS) is 14.7. The van der Waals surface area contributed by atoms with Crippen LogP contribution in [0.4, 0.5) is 0 Å². The van der Waals surface area contributed by atoms with Gasteiger partial charge in [0, 0.05) is 0 Å². The fourth-order valence-corrected chi connectivity index (χ4v) is 5.11. The maximum Gasteiger partial charge on any atom is -0.0161 e. The largest absolute Gasteiger partial charge is 0.0988 e. The maximum atomic E-state index is 3.81. The smallest absolute Gasteiger partial charge is 0.0161 e. The molecule has 45 heavy (non-hydrogen) atoms. The molecule has 0 nitrogen and oxygen atoms in total. The lowest BCUT2D eigenvalue weighted by molar-refractivity contribution is 0.881. The lowest BCUT2D eigenvalue weighted by Crippen LogP contribution is -1.84. The van der Waals surface area contributed by atoms with Crippen LogP contribution in [0.2, 0.25) is 0 Å². The lowest BCUT2D eigenvalue weighted by atomic mass is 10.0. The molecular formula is C45H72. The van der Waals surface area contributed by atoms with Crippen LogP contribution in [0.1, 0.15) is 166 Å². The van der Waals surface area contributed by atoms with Crippen molar-refractivity contribution in [2.75, 3.05) is 0 Å². The van der Waals surface area contributed by atoms with Crippen LogP contribution in [0, 0.1) is 0 Å². The van der Waals surface area contributed by atoms with E-state index in [2.05, 4.69) is 131 Å². The van der Waals surface area contributed by atoms with Crippen molar-refractivity contribution in [2.45, 2.75) is 166 Å². The predicted octanol–water partition coefficient (Wildman–Crippen LogP) is 15.6. The SMILES string of the molecule is C=C/C(C)=C/C/C=C(\C)CC/C=C(\C)CC/C=C(\C)CC/C=C(\C)CC/C=C(\C)CC/C=C(\C)CC/C=C(\C)CCC=C(C)C. The van der Waals surface area contributed by atoms with Crippen LogP contribution in [0.5, 0.6) is 0 Å². The topological polar surface area (TPSA) is 0 Å². The molecule has 252 valence electrons. The van der Waals surface area contributed by atoms with Gasteiger partial charge in [-0.25, -0.2) is 0 Å². The molecule has 0 heterocycles. The molecule has 0 atom stereocenters. The first-order valence-electron chi connectivity index (χ1n) is 17.9. The molecule has 0 unspecified atom stereocenters. The van der Waals surface area contributed by atoms with Crippen LogP contribution in [0.15, 0.2) is 117 Å². The highest BCUT2D eigenvalue weighted by Gasteiger charge is 1.97. The molecular weight excluding hydrogens is 540 g/mol. The predicted molar refractivity (Wildman–Crippen MR) is 209 cm³/mol. The van der Waals surface area contributed by atoms with Gasteiger partial charge in [-0.05, 0) is 166 Å². The van der Waals surface area contributed by atoms with Crippen LogP contribution in [0.3, 0.4) is 0 Å². The third-order valence-corrected chi connectivity index (χ3v) is 8.51. The Morgan fingerprint density at radius 3 is 0.822 bits per heavy atom. The minimum Gasteiger partial charge on any atom is -0.0988 e. The molecule has 0 amide bonds. The minimum absolute atomic E-state index is 1.01. The van der Waals surface area contributed by atoms with Crippen molar-refractivity contribution in [1.82, 2.24) is 0 Å². The molecule has 0 aromatic carbocycles. The minimum atomic E-state index is 1.01. The molecule has 0 aliphatic rings. The first-order chi connectivity index (χ1) is 21.4. The summed E-state index contributed by atoms with van der Waals surface area (Å²) in [5.41, 5.74) is 13.3. The van der Waals surface area contributed by atoms with E-state index in [0.29, 0.717) is 0 Å². The summed E-state index contributed by atoms with van der Waals surface area (Å²) in [6.07, 6.45) is 40.9. The first-order valence-corrected chi connectivity index (χ1v) is 17.9. The maximum absolute atomic E-state index is 3.81. The Labute approximate surface area is 282 Å². The molecule has 0 aromatic rings. The van der Waals surface area contributed by atoms with Crippen LogP contribution >= 0.6 is 0 Å². The van der Waals surface area contributed by atoms with Gasteiger partial charge >= 0.3 is 0 Å². The highest BCUT2D eigenvalue weighted by Crippen LogP contribution is 2.17. The fraction of sp³-hybridized carbons (Fsp3) is 0.556. The molecule has 0 rings (SSSR count). The monoisotopic (exact) mass is 613 g/mol. The molecule has 0 fully saturated rings. The molecule has 0 spiro atoms. The molecule has 0 bridgehead atoms. The van der Waals surface area contributed by atoms with E-state index in [4.69, 9.17) is 0 Å². The fourth-order valence-electron chi connectivity index (χ4n) is 5.11. The second kappa shape index (κ2) is 27.7. The average molecular weight is 613 g/mol. The number of rotatable bonds is 24. The Hall–Kier alpha value is -2.60. The highest BCUT2D eigenvalue weighted by molar-refractivity contribution is 5.16. The quantitative estimate of drug-likeness (QED) is 0.0751. The standard InChI is InChI=1S/C45H72/c1-12-38(4)22-14-24-40(6)26-16-28-42(8)30-18-32-44(10)34-20-36-45(11)35-19-33-43(9)31-17-29-41(7)27-15-25-39(5)23-13-21-37(2)3/h12,21-22,24-25,28-29,32-33,36H,1,13-20,23,26-27,30-31,34-35H2,2-11H3/b38-22+,39-25+,40-24+,41-29+,42-28+,43-33+,44-32+,45-36+. The van der Waals surface area contributed by atoms with Gasteiger partial charge in [0.25, 0.3) is 0 Å². The van der Waals surface area contributed by atoms with E-state index in [-0.39, 0.29) is 0 Å². The summed E-state index contributed by atoms with van der Waals surface area (Å²) >= 11 is 0. The van der Waals surface area contributed by atoms with Crippen molar-refractivity contribution in [3.63, 3.8) is 0 Å². The summed E-state index contributed by atoms with van der Waals surface area (Å²) in [5, 5.41) is 0. The van der Waals surface area contributed by atoms with Crippen molar-refractivity contribution < 1.29 is 0 Å². The second-order valence-corrected chi connectivity index (χ2v) is 13.8. The van der Waals surface area contributed by atoms with Gasteiger partial charge in [-0.3, -0.25) is 0 Å². The van der Waals surface area contributed by atoms with Crippen molar-refractivity contribution in [3.05, 3.63) is 117 Å². The van der Waals surface area contributed by atoms with E-state index in [1.54, 1.807) is 0 Å². The van der Waals surface area contributed by atoms with E-state index < -0.39 is 0 Å². The Kier molecular flexibility index (Phi) is 26.1. The number of allylic oxidation sites excluding steroid dienone is 19. The van der Waals surface area contributed by atoms with Crippen LogP contribution in [-0.4, -0.2) is 0 Å². The van der Waals surface area contributed by atoms with Gasteiger partial charge in [-0.2, -0.15) is 0 Å². The first kappa shape index (κ1) is 42.4. The molecule has 0 radical (unpaired) electrons. The molecule has 0 aliphatic carbocycles. The van der Waals surface area contributed by atoms with Crippen LogP contribution in [0.25, 0.3) is 0 Å². The van der Waals surface area contributed by atoms with Crippen molar-refractivity contribution >= 4 is 0 Å². The summed E-state index contributed by atoms with van der Waals surface area (Å²) in [4.78, 5) is 0. The van der Waals surface area contributed by atoms with E-state index in [0.717, 1.165) is 38.5 Å². The lowest BCUT2D eigenvalue weighted by Gasteiger charge is -2.04. The summed E-state index contributed by atoms with van der Waals surface area (Å²) in [5.74, 6) is 0. The molecule has 0 saturated heterocycles. The molecule has 0 N–H and O–H groups in total. The Morgan fingerprint density at radius 1 is 0.333 bits per heavy atom. The Bertz CT molecular complexity index is 1110. The second-order valence-electron chi connectivity index (χ2n) is 13.8. The summed E-state index contributed by atoms with van der Waals surface area (Å²) < 4.78 is 0. The highest BCUT2D eigenvalue weighted by atomic mass is 14.0. The van der Waals surface area contributed by atoms with E-state index in [1.807, 2.05) is 6.08 Å². The van der Waals surface area contributed by atoms with Gasteiger partial charge < -0.3 is 0 Å². The average Bonchev–Trinajstić information content (AvgIpc) is 2.96. The van der Waals surface area contributed by atoms with Crippen molar-refractivity contribution in [2.24, 2.45) is 0 Å². The van der Waals surface area contributed by atoms with E-state index in [9.17, 15) is 0 Å². The van der Waals surface area contributed by atoms with Crippen LogP contribution in [-0.2, 0) is 0 Å². The zero-order chi connectivity index (χ0) is 33.9. The van der Waals surface area contributed by atoms with Crippen molar-refractivity contribution in [3.8, 4) is 0 Å². The van der Waals surface area contributed by atoms with E-state index >= 15 is 0 Å². The van der Waals surface area contributed by atoms with Crippen molar-refractivity contribution in [1.29, 1.82) is 0 Å². The molecule has 0 heteroatoms. The molecule has 0 aliphatic heterocycles. The summed E-state index contributed by atoms with van der Waals surface area (Å²) in [6, 6.07) is 0. The zero-order valence-electron chi connectivity index (χ0n) is 31.6. The third-order valence-electron chi connectivity index (χ3n) is 8.51. The Balaban J connectivity index is 4.23. The zero-order valence-corrected chi connectivity index (χ0v) is 31.6. The van der Waals surface area contributed by atoms with Gasteiger partial charge in [0.2, 0.25) is 0 Å². The van der Waals surface area contributed by atoms with Gasteiger partial charge in [-0.15, -0.1) is 0 Å². The van der Waals surface area contributed by atoms with Gasteiger partial charge in [0.15, 0.2) is 0 Å². The third kappa shape index (κ3) is 28.6. The molecule has 0 aromatic heterocycles. The Morgan fingerprint density at radius 2 is 0.578 bits per heavy atom. The van der Waals surface area contributed by atoms with Crippen LogP contribution < -0.4 is 0 Å².